The van der Waals surface area contributed by atoms with Crippen molar-refractivity contribution in [2.75, 3.05) is 14.2 Å². The zero-order valence-electron chi connectivity index (χ0n) is 13.9. The number of nitrogens with zero attached hydrogens (tertiary/aromatic N) is 3. The zero-order valence-corrected chi connectivity index (χ0v) is 13.9. The fourth-order valence-electron chi connectivity index (χ4n) is 2.48. The highest BCUT2D eigenvalue weighted by atomic mass is 16.5. The third kappa shape index (κ3) is 4.09. The molecule has 0 aliphatic carbocycles. The first-order valence-electron chi connectivity index (χ1n) is 7.81. The number of unbranched alkanes of at least 4 members (excludes halogenated alkanes) is 1. The second-order valence-corrected chi connectivity index (χ2v) is 5.31. The molecule has 0 saturated heterocycles. The Morgan fingerprint density at radius 3 is 2.61 bits per heavy atom. The van der Waals surface area contributed by atoms with Crippen molar-refractivity contribution in [3.63, 3.8) is 0 Å². The first kappa shape index (κ1) is 17.0. The Bertz CT molecular complexity index is 653. The summed E-state index contributed by atoms with van der Waals surface area (Å²) >= 11 is 0. The Kier molecular flexibility index (Phi) is 6.14. The molecule has 23 heavy (non-hydrogen) atoms. The molecule has 1 aromatic carbocycles. The summed E-state index contributed by atoms with van der Waals surface area (Å²) in [5, 5.41) is 8.05. The number of carbonyl (C=O) groups excluding carboxylic acids is 1. The molecule has 124 valence electrons. The fourth-order valence-corrected chi connectivity index (χ4v) is 2.48. The Balaban J connectivity index is 2.14. The monoisotopic (exact) mass is 317 g/mol. The van der Waals surface area contributed by atoms with E-state index in [4.69, 9.17) is 9.47 Å². The average Bonchev–Trinajstić information content (AvgIpc) is 2.99. The van der Waals surface area contributed by atoms with Crippen molar-refractivity contribution in [3.8, 4) is 11.5 Å². The van der Waals surface area contributed by atoms with Crippen LogP contribution in [-0.4, -0.2) is 35.5 Å². The lowest BCUT2D eigenvalue weighted by atomic mass is 10.1. The van der Waals surface area contributed by atoms with Crippen LogP contribution in [0.3, 0.4) is 0 Å². The summed E-state index contributed by atoms with van der Waals surface area (Å²) in [7, 11) is 3.24. The van der Waals surface area contributed by atoms with Gasteiger partial charge in [0, 0.05) is 6.54 Å². The second kappa shape index (κ2) is 8.31. The third-order valence-electron chi connectivity index (χ3n) is 3.80. The first-order valence-corrected chi connectivity index (χ1v) is 7.81. The van der Waals surface area contributed by atoms with Crippen LogP contribution in [0.15, 0.2) is 18.2 Å². The van der Waals surface area contributed by atoms with Crippen LogP contribution in [0.4, 0.5) is 0 Å². The van der Waals surface area contributed by atoms with E-state index in [0.717, 1.165) is 43.4 Å². The van der Waals surface area contributed by atoms with Crippen LogP contribution in [0, 0.1) is 0 Å². The number of hydrogen-bond donors (Lipinski definition) is 0. The maximum absolute atomic E-state index is 11.2. The van der Waals surface area contributed by atoms with E-state index >= 15 is 0 Å². The molecule has 0 spiro atoms. The van der Waals surface area contributed by atoms with Gasteiger partial charge in [0.1, 0.15) is 5.69 Å². The Morgan fingerprint density at radius 2 is 1.96 bits per heavy atom. The number of rotatable bonds is 9. The molecule has 1 aromatic heterocycles. The molecule has 0 aliphatic rings. The molecule has 0 saturated carbocycles. The van der Waals surface area contributed by atoms with Gasteiger partial charge in [0.05, 0.1) is 19.9 Å². The van der Waals surface area contributed by atoms with Crippen molar-refractivity contribution in [3.05, 3.63) is 35.2 Å². The number of aryl methyl sites for hydroxylation is 2. The molecule has 0 radical (unpaired) electrons. The summed E-state index contributed by atoms with van der Waals surface area (Å²) in [5.41, 5.74) is 2.44. The van der Waals surface area contributed by atoms with Crippen molar-refractivity contribution >= 4 is 6.29 Å². The van der Waals surface area contributed by atoms with E-state index in [0.29, 0.717) is 23.6 Å². The van der Waals surface area contributed by atoms with Crippen LogP contribution in [0.5, 0.6) is 11.5 Å². The quantitative estimate of drug-likeness (QED) is 0.665. The first-order chi connectivity index (χ1) is 11.2. The molecule has 2 rings (SSSR count). The molecule has 0 aliphatic heterocycles. The summed E-state index contributed by atoms with van der Waals surface area (Å²) in [6.07, 6.45) is 4.36. The van der Waals surface area contributed by atoms with E-state index in [9.17, 15) is 4.79 Å². The van der Waals surface area contributed by atoms with Gasteiger partial charge in [-0.15, -0.1) is 5.10 Å². The van der Waals surface area contributed by atoms with Gasteiger partial charge in [-0.1, -0.05) is 24.6 Å². The van der Waals surface area contributed by atoms with Crippen molar-refractivity contribution in [1.29, 1.82) is 0 Å². The number of methoxy groups -OCH3 is 2. The maximum atomic E-state index is 11.2. The van der Waals surface area contributed by atoms with Gasteiger partial charge < -0.3 is 9.47 Å². The summed E-state index contributed by atoms with van der Waals surface area (Å²) in [5.74, 6) is 1.41. The predicted octanol–water partition coefficient (Wildman–Crippen LogP) is 2.69. The largest absolute Gasteiger partial charge is 0.493 e. The van der Waals surface area contributed by atoms with Gasteiger partial charge in [-0.05, 0) is 37.0 Å². The van der Waals surface area contributed by atoms with Crippen LogP contribution in [0.25, 0.3) is 0 Å². The van der Waals surface area contributed by atoms with Gasteiger partial charge in [0.15, 0.2) is 17.8 Å². The van der Waals surface area contributed by atoms with Gasteiger partial charge in [0.25, 0.3) is 0 Å². The predicted molar refractivity (Wildman–Crippen MR) is 87.3 cm³/mol. The number of aromatic nitrogens is 3. The second-order valence-electron chi connectivity index (χ2n) is 5.31. The number of ether oxygens (including phenoxy) is 2. The van der Waals surface area contributed by atoms with Crippen LogP contribution >= 0.6 is 0 Å². The molecule has 2 aromatic rings. The van der Waals surface area contributed by atoms with Crippen molar-refractivity contribution in [2.45, 2.75) is 39.2 Å². The zero-order chi connectivity index (χ0) is 16.7. The van der Waals surface area contributed by atoms with Gasteiger partial charge in [-0.3, -0.25) is 4.79 Å². The lowest BCUT2D eigenvalue weighted by molar-refractivity contribution is 0.111. The molecule has 0 N–H and O–H groups in total. The molecule has 6 heteroatoms. The van der Waals surface area contributed by atoms with Crippen LogP contribution in [-0.2, 0) is 19.4 Å². The van der Waals surface area contributed by atoms with Gasteiger partial charge in [-0.25, -0.2) is 4.68 Å². The molecule has 0 bridgehead atoms. The van der Waals surface area contributed by atoms with Crippen molar-refractivity contribution in [1.82, 2.24) is 15.0 Å². The minimum atomic E-state index is 0.432. The van der Waals surface area contributed by atoms with Gasteiger partial charge in [-0.2, -0.15) is 0 Å². The highest BCUT2D eigenvalue weighted by Crippen LogP contribution is 2.28. The van der Waals surface area contributed by atoms with Gasteiger partial charge >= 0.3 is 0 Å². The summed E-state index contributed by atoms with van der Waals surface area (Å²) in [4.78, 5) is 11.2. The summed E-state index contributed by atoms with van der Waals surface area (Å²) in [6, 6.07) is 5.85. The normalized spacial score (nSPS) is 10.6. The fraction of sp³-hybridized carbons (Fsp3) is 0.471. The molecule has 6 nitrogen and oxygen atoms in total. The van der Waals surface area contributed by atoms with E-state index in [1.54, 1.807) is 14.2 Å². The van der Waals surface area contributed by atoms with Gasteiger partial charge in [0.2, 0.25) is 0 Å². The highest BCUT2D eigenvalue weighted by molar-refractivity contribution is 5.73. The third-order valence-corrected chi connectivity index (χ3v) is 3.80. The lowest BCUT2D eigenvalue weighted by Gasteiger charge is -2.10. The Morgan fingerprint density at radius 1 is 1.17 bits per heavy atom. The summed E-state index contributed by atoms with van der Waals surface area (Å²) in [6.45, 7) is 2.92. The lowest BCUT2D eigenvalue weighted by Crippen LogP contribution is -2.08. The molecule has 0 unspecified atom stereocenters. The average molecular weight is 317 g/mol. The summed E-state index contributed by atoms with van der Waals surface area (Å²) < 4.78 is 12.4. The van der Waals surface area contributed by atoms with Crippen LogP contribution < -0.4 is 9.47 Å². The van der Waals surface area contributed by atoms with E-state index in [-0.39, 0.29) is 0 Å². The number of hydrogen-bond acceptors (Lipinski definition) is 5. The van der Waals surface area contributed by atoms with E-state index in [1.165, 1.54) is 0 Å². The van der Waals surface area contributed by atoms with Crippen molar-refractivity contribution in [2.24, 2.45) is 0 Å². The molecule has 0 amide bonds. The maximum Gasteiger partial charge on any atom is 0.172 e. The molecule has 0 fully saturated rings. The van der Waals surface area contributed by atoms with Crippen LogP contribution in [0.1, 0.15) is 41.5 Å². The number of aldehydes is 1. The SMILES string of the molecule is CCCCn1nnc(C=O)c1CCc1ccc(OC)c(OC)c1. The Labute approximate surface area is 136 Å². The number of benzene rings is 1. The van der Waals surface area contributed by atoms with E-state index in [1.807, 2.05) is 22.9 Å². The molecular formula is C17H23N3O3. The Hall–Kier alpha value is -2.37. The minimum Gasteiger partial charge on any atom is -0.493 e. The van der Waals surface area contributed by atoms with E-state index < -0.39 is 0 Å². The minimum absolute atomic E-state index is 0.432. The van der Waals surface area contributed by atoms with E-state index in [2.05, 4.69) is 17.2 Å². The number of carbonyl (C=O) groups is 1. The highest BCUT2D eigenvalue weighted by Gasteiger charge is 2.13. The smallest absolute Gasteiger partial charge is 0.172 e. The topological polar surface area (TPSA) is 66.2 Å². The molecule has 0 atom stereocenters. The standard InChI is InChI=1S/C17H23N3O3/c1-4-5-10-20-15(14(12-21)18-19-20)8-6-13-7-9-16(22-2)17(11-13)23-3/h7,9,11-12H,4-6,8,10H2,1-3H3. The van der Waals surface area contributed by atoms with Crippen molar-refractivity contribution < 1.29 is 14.3 Å². The van der Waals surface area contributed by atoms with Crippen LogP contribution in [0.2, 0.25) is 0 Å². The molecular weight excluding hydrogens is 294 g/mol. The molecule has 1 heterocycles.